The quantitative estimate of drug-likeness (QED) is 0.495. The van der Waals surface area contributed by atoms with Crippen molar-refractivity contribution in [2.75, 3.05) is 5.32 Å². The van der Waals surface area contributed by atoms with E-state index in [1.165, 1.54) is 6.07 Å². The second-order valence-electron chi connectivity index (χ2n) is 4.17. The van der Waals surface area contributed by atoms with Crippen molar-refractivity contribution in [3.05, 3.63) is 46.3 Å². The Morgan fingerprint density at radius 3 is 2.85 bits per heavy atom. The molecular formula is C12H12N4O4. The number of anilines is 1. The summed E-state index contributed by atoms with van der Waals surface area (Å²) in [6.45, 7) is 0. The molecule has 2 rings (SSSR count). The van der Waals surface area contributed by atoms with Crippen molar-refractivity contribution in [3.8, 4) is 5.75 Å². The Morgan fingerprint density at radius 1 is 1.50 bits per heavy atom. The van der Waals surface area contributed by atoms with Gasteiger partial charge >= 0.3 is 5.69 Å². The van der Waals surface area contributed by atoms with Crippen molar-refractivity contribution in [2.24, 2.45) is 7.05 Å². The Morgan fingerprint density at radius 2 is 2.25 bits per heavy atom. The van der Waals surface area contributed by atoms with Gasteiger partial charge < -0.3 is 10.4 Å². The Labute approximate surface area is 113 Å². The van der Waals surface area contributed by atoms with E-state index in [2.05, 4.69) is 10.4 Å². The number of benzene rings is 1. The fraction of sp³-hybridized carbons (Fsp3) is 0.167. The van der Waals surface area contributed by atoms with E-state index in [0.717, 1.165) is 12.1 Å². The third kappa shape index (κ3) is 3.10. The highest BCUT2D eigenvalue weighted by Gasteiger charge is 2.15. The van der Waals surface area contributed by atoms with Crippen LogP contribution in [-0.4, -0.2) is 25.7 Å². The predicted octanol–water partition coefficient (Wildman–Crippen LogP) is 1.22. The second kappa shape index (κ2) is 5.39. The van der Waals surface area contributed by atoms with Crippen LogP contribution in [0.4, 0.5) is 11.4 Å². The van der Waals surface area contributed by atoms with Gasteiger partial charge in [-0.3, -0.25) is 19.6 Å². The molecule has 0 aliphatic carbocycles. The molecule has 2 N–H and O–H groups in total. The first-order valence-corrected chi connectivity index (χ1v) is 5.71. The second-order valence-corrected chi connectivity index (χ2v) is 4.17. The first-order chi connectivity index (χ1) is 9.45. The minimum Gasteiger partial charge on any atom is -0.502 e. The zero-order chi connectivity index (χ0) is 14.7. The third-order valence-corrected chi connectivity index (χ3v) is 2.57. The predicted molar refractivity (Wildman–Crippen MR) is 70.3 cm³/mol. The first kappa shape index (κ1) is 13.5. The third-order valence-electron chi connectivity index (χ3n) is 2.57. The summed E-state index contributed by atoms with van der Waals surface area (Å²) in [7, 11) is 1.74. The maximum absolute atomic E-state index is 11.8. The van der Waals surface area contributed by atoms with E-state index in [4.69, 9.17) is 0 Å². The van der Waals surface area contributed by atoms with Gasteiger partial charge in [0, 0.05) is 25.0 Å². The number of carbonyl (C=O) groups is 1. The smallest absolute Gasteiger partial charge is 0.312 e. The number of aryl methyl sites for hydroxylation is 1. The van der Waals surface area contributed by atoms with Gasteiger partial charge in [-0.1, -0.05) is 0 Å². The molecule has 8 nitrogen and oxygen atoms in total. The van der Waals surface area contributed by atoms with Gasteiger partial charge in [0.2, 0.25) is 5.91 Å². The molecule has 104 valence electrons. The molecule has 1 heterocycles. The average molecular weight is 276 g/mol. The normalized spacial score (nSPS) is 10.2. The SMILES string of the molecule is Cn1ccc(CC(=O)Nc2ccc(O)c([N+](=O)[O-])c2)n1. The Hall–Kier alpha value is -2.90. The highest BCUT2D eigenvalue weighted by Crippen LogP contribution is 2.28. The van der Waals surface area contributed by atoms with Gasteiger partial charge in [-0.15, -0.1) is 0 Å². The van der Waals surface area contributed by atoms with Crippen LogP contribution in [0.25, 0.3) is 0 Å². The van der Waals surface area contributed by atoms with E-state index < -0.39 is 16.4 Å². The molecule has 0 bridgehead atoms. The summed E-state index contributed by atoms with van der Waals surface area (Å²) in [5, 5.41) is 26.6. The number of amides is 1. The average Bonchev–Trinajstić information content (AvgIpc) is 2.76. The molecule has 0 atom stereocenters. The summed E-state index contributed by atoms with van der Waals surface area (Å²) in [4.78, 5) is 21.7. The lowest BCUT2D eigenvalue weighted by molar-refractivity contribution is -0.385. The van der Waals surface area contributed by atoms with Crippen LogP contribution in [0.5, 0.6) is 5.75 Å². The Balaban J connectivity index is 2.08. The highest BCUT2D eigenvalue weighted by molar-refractivity contribution is 5.92. The number of phenols is 1. The summed E-state index contributed by atoms with van der Waals surface area (Å²) in [5.74, 6) is -0.790. The molecule has 1 aromatic carbocycles. The molecule has 20 heavy (non-hydrogen) atoms. The molecule has 0 radical (unpaired) electrons. The maximum Gasteiger partial charge on any atom is 0.312 e. The highest BCUT2D eigenvalue weighted by atomic mass is 16.6. The summed E-state index contributed by atoms with van der Waals surface area (Å²) < 4.78 is 1.58. The van der Waals surface area contributed by atoms with Crippen molar-refractivity contribution in [3.63, 3.8) is 0 Å². The first-order valence-electron chi connectivity index (χ1n) is 5.71. The zero-order valence-corrected chi connectivity index (χ0v) is 10.6. The van der Waals surface area contributed by atoms with Crippen molar-refractivity contribution >= 4 is 17.3 Å². The van der Waals surface area contributed by atoms with Crippen LogP contribution in [0.1, 0.15) is 5.69 Å². The molecule has 1 amide bonds. The minimum absolute atomic E-state index is 0.0650. The van der Waals surface area contributed by atoms with Crippen LogP contribution in [-0.2, 0) is 18.3 Å². The molecular weight excluding hydrogens is 264 g/mol. The fourth-order valence-corrected chi connectivity index (χ4v) is 1.67. The van der Waals surface area contributed by atoms with Gasteiger partial charge in [0.05, 0.1) is 17.0 Å². The van der Waals surface area contributed by atoms with Crippen LogP contribution in [0.15, 0.2) is 30.5 Å². The van der Waals surface area contributed by atoms with Crippen molar-refractivity contribution in [1.29, 1.82) is 0 Å². The lowest BCUT2D eigenvalue weighted by Gasteiger charge is -2.04. The molecule has 1 aromatic heterocycles. The van der Waals surface area contributed by atoms with Crippen LogP contribution in [0.2, 0.25) is 0 Å². The molecule has 2 aromatic rings. The van der Waals surface area contributed by atoms with Gasteiger partial charge in [0.1, 0.15) is 0 Å². The summed E-state index contributed by atoms with van der Waals surface area (Å²) in [5.41, 5.74) is 0.384. The number of hydrogen-bond acceptors (Lipinski definition) is 5. The number of carbonyl (C=O) groups excluding carboxylic acids is 1. The molecule has 0 saturated heterocycles. The van der Waals surface area contributed by atoms with Crippen LogP contribution in [0.3, 0.4) is 0 Å². The number of hydrogen-bond donors (Lipinski definition) is 2. The molecule has 0 unspecified atom stereocenters. The van der Waals surface area contributed by atoms with E-state index >= 15 is 0 Å². The maximum atomic E-state index is 11.8. The molecule has 0 aliphatic heterocycles. The van der Waals surface area contributed by atoms with Gasteiger partial charge in [0.25, 0.3) is 0 Å². The monoisotopic (exact) mass is 276 g/mol. The number of rotatable bonds is 4. The molecule has 0 spiro atoms. The Bertz CT molecular complexity index is 665. The number of aromatic nitrogens is 2. The van der Waals surface area contributed by atoms with Gasteiger partial charge in [-0.05, 0) is 18.2 Å². The van der Waals surface area contributed by atoms with E-state index in [1.54, 1.807) is 24.0 Å². The van der Waals surface area contributed by atoms with Crippen LogP contribution >= 0.6 is 0 Å². The number of nitrogens with zero attached hydrogens (tertiary/aromatic N) is 3. The largest absolute Gasteiger partial charge is 0.502 e. The van der Waals surface area contributed by atoms with E-state index in [9.17, 15) is 20.0 Å². The summed E-state index contributed by atoms with van der Waals surface area (Å²) in [6.07, 6.45) is 1.78. The van der Waals surface area contributed by atoms with E-state index in [-0.39, 0.29) is 18.0 Å². The molecule has 0 saturated carbocycles. The number of aromatic hydroxyl groups is 1. The standard InChI is InChI=1S/C12H12N4O4/c1-15-5-4-9(14-15)7-12(18)13-8-2-3-11(17)10(6-8)16(19)20/h2-6,17H,7H2,1H3,(H,13,18). The molecule has 0 aliphatic rings. The molecule has 8 heteroatoms. The number of nitro groups is 1. The number of phenolic OH excluding ortho intramolecular Hbond substituents is 1. The van der Waals surface area contributed by atoms with Crippen LogP contribution in [0, 0.1) is 10.1 Å². The van der Waals surface area contributed by atoms with Gasteiger partial charge in [-0.25, -0.2) is 0 Å². The van der Waals surface area contributed by atoms with Gasteiger partial charge in [-0.2, -0.15) is 5.10 Å². The van der Waals surface area contributed by atoms with E-state index in [1.807, 2.05) is 0 Å². The number of nitrogens with one attached hydrogen (secondary N) is 1. The van der Waals surface area contributed by atoms with E-state index in [0.29, 0.717) is 5.69 Å². The van der Waals surface area contributed by atoms with Gasteiger partial charge in [0.15, 0.2) is 5.75 Å². The lowest BCUT2D eigenvalue weighted by atomic mass is 10.2. The summed E-state index contributed by atoms with van der Waals surface area (Å²) >= 11 is 0. The lowest BCUT2D eigenvalue weighted by Crippen LogP contribution is -2.15. The van der Waals surface area contributed by atoms with Crippen molar-refractivity contribution in [2.45, 2.75) is 6.42 Å². The molecule has 0 fully saturated rings. The van der Waals surface area contributed by atoms with Crippen LogP contribution < -0.4 is 5.32 Å². The number of nitro benzene ring substituents is 1. The fourth-order valence-electron chi connectivity index (χ4n) is 1.67. The summed E-state index contributed by atoms with van der Waals surface area (Å²) in [6, 6.07) is 5.36. The topological polar surface area (TPSA) is 110 Å². The Kier molecular flexibility index (Phi) is 3.65. The van der Waals surface area contributed by atoms with Crippen molar-refractivity contribution in [1.82, 2.24) is 9.78 Å². The zero-order valence-electron chi connectivity index (χ0n) is 10.6. The van der Waals surface area contributed by atoms with Crippen molar-refractivity contribution < 1.29 is 14.8 Å². The minimum atomic E-state index is -0.719.